The molecule has 1 atom stereocenters. The van der Waals surface area contributed by atoms with Gasteiger partial charge in [-0.05, 0) is 39.5 Å². The van der Waals surface area contributed by atoms with E-state index in [4.69, 9.17) is 0 Å². The first-order valence-electron chi connectivity index (χ1n) is 7.32. The largest absolute Gasteiger partial charge is 0.352 e. The molecule has 0 radical (unpaired) electrons. The molecular formula is C15H26N4. The van der Waals surface area contributed by atoms with Gasteiger partial charge in [0.05, 0.1) is 0 Å². The van der Waals surface area contributed by atoms with Crippen molar-refractivity contribution >= 4 is 5.82 Å². The lowest BCUT2D eigenvalue weighted by atomic mass is 10.2. The number of nitrogens with one attached hydrogen (secondary N) is 1. The summed E-state index contributed by atoms with van der Waals surface area (Å²) in [6, 6.07) is 4.74. The van der Waals surface area contributed by atoms with Crippen molar-refractivity contribution in [1.82, 2.24) is 15.2 Å². The first kappa shape index (κ1) is 14.3. The van der Waals surface area contributed by atoms with Crippen LogP contribution in [0, 0.1) is 0 Å². The molecule has 4 heteroatoms. The molecule has 1 aromatic rings. The summed E-state index contributed by atoms with van der Waals surface area (Å²) in [5.74, 6) is 1.16. The van der Waals surface area contributed by atoms with Crippen LogP contribution in [0.15, 0.2) is 18.3 Å². The molecule has 19 heavy (non-hydrogen) atoms. The fourth-order valence-electron chi connectivity index (χ4n) is 2.77. The third-order valence-corrected chi connectivity index (χ3v) is 3.75. The van der Waals surface area contributed by atoms with Gasteiger partial charge in [-0.3, -0.25) is 0 Å². The van der Waals surface area contributed by atoms with E-state index in [-0.39, 0.29) is 0 Å². The molecule has 0 bridgehead atoms. The van der Waals surface area contributed by atoms with Gasteiger partial charge < -0.3 is 15.1 Å². The highest BCUT2D eigenvalue weighted by molar-refractivity contribution is 5.47. The molecule has 1 fully saturated rings. The first-order valence-corrected chi connectivity index (χ1v) is 7.32. The first-order chi connectivity index (χ1) is 9.22. The number of hydrogen-bond donors (Lipinski definition) is 1. The number of anilines is 1. The summed E-state index contributed by atoms with van der Waals surface area (Å²) in [6.45, 7) is 9.72. The van der Waals surface area contributed by atoms with E-state index in [0.29, 0.717) is 6.04 Å². The SMILES string of the molecule is CCNCc1cccnc1N1CCCN(C)CC1C. The predicted octanol–water partition coefficient (Wildman–Crippen LogP) is 1.72. The smallest absolute Gasteiger partial charge is 0.133 e. The van der Waals surface area contributed by atoms with Crippen LogP contribution in [0.5, 0.6) is 0 Å². The second-order valence-electron chi connectivity index (χ2n) is 5.42. The van der Waals surface area contributed by atoms with Crippen molar-refractivity contribution in [3.63, 3.8) is 0 Å². The van der Waals surface area contributed by atoms with Gasteiger partial charge in [-0.1, -0.05) is 13.0 Å². The Labute approximate surface area is 116 Å². The van der Waals surface area contributed by atoms with E-state index in [0.717, 1.165) is 32.0 Å². The van der Waals surface area contributed by atoms with E-state index in [1.807, 2.05) is 12.3 Å². The zero-order valence-corrected chi connectivity index (χ0v) is 12.4. The number of pyridine rings is 1. The van der Waals surface area contributed by atoms with Gasteiger partial charge in [0.25, 0.3) is 0 Å². The van der Waals surface area contributed by atoms with Gasteiger partial charge in [0.15, 0.2) is 0 Å². The maximum Gasteiger partial charge on any atom is 0.133 e. The Morgan fingerprint density at radius 1 is 1.42 bits per heavy atom. The van der Waals surface area contributed by atoms with Crippen LogP contribution < -0.4 is 10.2 Å². The average Bonchev–Trinajstić information content (AvgIpc) is 2.57. The van der Waals surface area contributed by atoms with Crippen LogP contribution in [0.4, 0.5) is 5.82 Å². The van der Waals surface area contributed by atoms with Gasteiger partial charge in [0.2, 0.25) is 0 Å². The molecule has 4 nitrogen and oxygen atoms in total. The minimum Gasteiger partial charge on any atom is -0.352 e. The number of hydrogen-bond acceptors (Lipinski definition) is 4. The lowest BCUT2D eigenvalue weighted by Crippen LogP contribution is -2.39. The van der Waals surface area contributed by atoms with Crippen LogP contribution in [0.3, 0.4) is 0 Å². The minimum atomic E-state index is 0.516. The third kappa shape index (κ3) is 3.67. The van der Waals surface area contributed by atoms with Gasteiger partial charge in [-0.15, -0.1) is 0 Å². The van der Waals surface area contributed by atoms with Crippen LogP contribution in [-0.4, -0.2) is 49.2 Å². The Kier molecular flexibility index (Phi) is 5.16. The normalized spacial score (nSPS) is 21.4. The van der Waals surface area contributed by atoms with Crippen molar-refractivity contribution in [2.45, 2.75) is 32.9 Å². The Balaban J connectivity index is 2.19. The molecule has 0 spiro atoms. The van der Waals surface area contributed by atoms with Gasteiger partial charge in [0.1, 0.15) is 5.82 Å². The molecule has 0 amide bonds. The monoisotopic (exact) mass is 262 g/mol. The fraction of sp³-hybridized carbons (Fsp3) is 0.667. The number of rotatable bonds is 4. The van der Waals surface area contributed by atoms with Crippen LogP contribution in [0.1, 0.15) is 25.8 Å². The molecule has 1 aromatic heterocycles. The van der Waals surface area contributed by atoms with Crippen molar-refractivity contribution in [2.75, 3.05) is 38.1 Å². The lowest BCUT2D eigenvalue weighted by molar-refractivity contribution is 0.337. The molecule has 1 aliphatic rings. The second kappa shape index (κ2) is 6.87. The Bertz CT molecular complexity index is 393. The summed E-state index contributed by atoms with van der Waals surface area (Å²) in [4.78, 5) is 9.52. The van der Waals surface area contributed by atoms with Gasteiger partial charge in [-0.25, -0.2) is 4.98 Å². The van der Waals surface area contributed by atoms with Gasteiger partial charge >= 0.3 is 0 Å². The summed E-state index contributed by atoms with van der Waals surface area (Å²) >= 11 is 0. The zero-order chi connectivity index (χ0) is 13.7. The summed E-state index contributed by atoms with van der Waals surface area (Å²) < 4.78 is 0. The third-order valence-electron chi connectivity index (χ3n) is 3.75. The number of likely N-dealkylation sites (N-methyl/N-ethyl adjacent to an activating group) is 1. The van der Waals surface area contributed by atoms with E-state index in [2.05, 4.69) is 47.1 Å². The molecule has 0 aliphatic carbocycles. The quantitative estimate of drug-likeness (QED) is 0.895. The molecule has 106 valence electrons. The van der Waals surface area contributed by atoms with Crippen molar-refractivity contribution in [3.05, 3.63) is 23.9 Å². The van der Waals surface area contributed by atoms with E-state index in [9.17, 15) is 0 Å². The highest BCUT2D eigenvalue weighted by Gasteiger charge is 2.22. The van der Waals surface area contributed by atoms with E-state index in [1.54, 1.807) is 0 Å². The molecule has 1 unspecified atom stereocenters. The highest BCUT2D eigenvalue weighted by Crippen LogP contribution is 2.22. The summed E-state index contributed by atoms with van der Waals surface area (Å²) in [7, 11) is 2.21. The molecule has 0 saturated carbocycles. The van der Waals surface area contributed by atoms with Crippen LogP contribution in [0.25, 0.3) is 0 Å². The van der Waals surface area contributed by atoms with Crippen molar-refractivity contribution in [3.8, 4) is 0 Å². The lowest BCUT2D eigenvalue weighted by Gasteiger charge is -2.30. The van der Waals surface area contributed by atoms with Gasteiger partial charge in [-0.2, -0.15) is 0 Å². The van der Waals surface area contributed by atoms with Crippen molar-refractivity contribution < 1.29 is 0 Å². The summed E-state index contributed by atoms with van der Waals surface area (Å²) in [6.07, 6.45) is 3.12. The Hall–Kier alpha value is -1.13. The highest BCUT2D eigenvalue weighted by atomic mass is 15.3. The van der Waals surface area contributed by atoms with Crippen LogP contribution in [0.2, 0.25) is 0 Å². The van der Waals surface area contributed by atoms with Crippen LogP contribution in [-0.2, 0) is 6.54 Å². The molecular weight excluding hydrogens is 236 g/mol. The average molecular weight is 262 g/mol. The van der Waals surface area contributed by atoms with E-state index < -0.39 is 0 Å². The Morgan fingerprint density at radius 2 is 2.26 bits per heavy atom. The fourth-order valence-corrected chi connectivity index (χ4v) is 2.77. The second-order valence-corrected chi connectivity index (χ2v) is 5.42. The molecule has 1 saturated heterocycles. The molecule has 1 aliphatic heterocycles. The predicted molar refractivity (Wildman–Crippen MR) is 80.5 cm³/mol. The van der Waals surface area contributed by atoms with E-state index in [1.165, 1.54) is 18.5 Å². The van der Waals surface area contributed by atoms with Crippen LogP contribution >= 0.6 is 0 Å². The van der Waals surface area contributed by atoms with E-state index >= 15 is 0 Å². The molecule has 2 heterocycles. The standard InChI is InChI=1S/C15H26N4/c1-4-16-11-14-7-5-8-17-15(14)19-10-6-9-18(3)12-13(19)2/h5,7-8,13,16H,4,6,9-12H2,1-3H3. The molecule has 1 N–H and O–H groups in total. The summed E-state index contributed by atoms with van der Waals surface area (Å²) in [5.41, 5.74) is 1.31. The summed E-state index contributed by atoms with van der Waals surface area (Å²) in [5, 5.41) is 3.41. The number of nitrogens with zero attached hydrogens (tertiary/aromatic N) is 3. The van der Waals surface area contributed by atoms with Gasteiger partial charge in [0, 0.05) is 37.4 Å². The maximum absolute atomic E-state index is 4.64. The topological polar surface area (TPSA) is 31.4 Å². The Morgan fingerprint density at radius 3 is 3.05 bits per heavy atom. The zero-order valence-electron chi connectivity index (χ0n) is 12.4. The van der Waals surface area contributed by atoms with Crippen molar-refractivity contribution in [1.29, 1.82) is 0 Å². The number of aromatic nitrogens is 1. The van der Waals surface area contributed by atoms with Crippen molar-refractivity contribution in [2.24, 2.45) is 0 Å². The molecule has 0 aromatic carbocycles. The maximum atomic E-state index is 4.64. The molecule has 2 rings (SSSR count). The minimum absolute atomic E-state index is 0.516.